The lowest BCUT2D eigenvalue weighted by atomic mass is 9.94. The number of benzene rings is 2. The van der Waals surface area contributed by atoms with Crippen LogP contribution in [-0.2, 0) is 11.2 Å². The van der Waals surface area contributed by atoms with Gasteiger partial charge in [0.25, 0.3) is 0 Å². The molecule has 2 aromatic heterocycles. The summed E-state index contributed by atoms with van der Waals surface area (Å²) in [4.78, 5) is 17.1. The molecule has 33 heavy (non-hydrogen) atoms. The Labute approximate surface area is 190 Å². The number of carbonyl (C=O) groups is 1. The van der Waals surface area contributed by atoms with Crippen LogP contribution in [0, 0.1) is 17.1 Å². The van der Waals surface area contributed by atoms with Crippen molar-refractivity contribution in [3.63, 3.8) is 0 Å². The third-order valence-corrected chi connectivity index (χ3v) is 5.26. The zero-order chi connectivity index (χ0) is 23.2. The molecule has 0 bridgehead atoms. The van der Waals surface area contributed by atoms with Crippen molar-refractivity contribution >= 4 is 11.7 Å². The molecule has 4 N–H and O–H groups in total. The molecule has 0 aliphatic rings. The number of pyridine rings is 1. The van der Waals surface area contributed by atoms with Gasteiger partial charge in [0.2, 0.25) is 5.91 Å². The Hall–Kier alpha value is -4.51. The maximum atomic E-state index is 13.5. The first-order valence-corrected chi connectivity index (χ1v) is 10.3. The van der Waals surface area contributed by atoms with Crippen LogP contribution in [-0.4, -0.2) is 27.6 Å². The van der Waals surface area contributed by atoms with Gasteiger partial charge in [0.15, 0.2) is 0 Å². The van der Waals surface area contributed by atoms with Crippen molar-refractivity contribution in [3.8, 4) is 17.3 Å². The van der Waals surface area contributed by atoms with Gasteiger partial charge in [0, 0.05) is 23.9 Å². The minimum absolute atomic E-state index is 0.297. The van der Waals surface area contributed by atoms with Crippen LogP contribution in [0.4, 0.5) is 10.2 Å². The molecule has 0 aliphatic heterocycles. The molecule has 8 heteroatoms. The molecule has 0 radical (unpaired) electrons. The van der Waals surface area contributed by atoms with Crippen LogP contribution in [0.2, 0.25) is 0 Å². The number of anilines is 1. The molecule has 0 saturated heterocycles. The highest BCUT2D eigenvalue weighted by molar-refractivity contribution is 5.87. The van der Waals surface area contributed by atoms with Gasteiger partial charge in [-0.05, 0) is 42.3 Å². The highest BCUT2D eigenvalue weighted by Gasteiger charge is 2.26. The van der Waals surface area contributed by atoms with Crippen molar-refractivity contribution in [1.82, 2.24) is 15.2 Å². The first kappa shape index (κ1) is 21.7. The first-order chi connectivity index (χ1) is 16.1. The van der Waals surface area contributed by atoms with Crippen LogP contribution in [0.3, 0.4) is 0 Å². The second-order valence-corrected chi connectivity index (χ2v) is 7.43. The number of hydrogen-bond donors (Lipinski definition) is 3. The van der Waals surface area contributed by atoms with Crippen molar-refractivity contribution in [3.05, 3.63) is 101 Å². The number of hydrogen-bond acceptors (Lipinski definition) is 5. The van der Waals surface area contributed by atoms with Crippen LogP contribution >= 0.6 is 0 Å². The maximum Gasteiger partial charge on any atom is 0.231 e. The molecule has 0 spiro atoms. The molecule has 164 valence electrons. The van der Waals surface area contributed by atoms with Gasteiger partial charge in [-0.15, -0.1) is 0 Å². The Morgan fingerprint density at radius 1 is 1.15 bits per heavy atom. The summed E-state index contributed by atoms with van der Waals surface area (Å²) in [6.45, 7) is 0.443. The van der Waals surface area contributed by atoms with Gasteiger partial charge in [-0.1, -0.05) is 36.4 Å². The van der Waals surface area contributed by atoms with Crippen LogP contribution < -0.4 is 11.1 Å². The number of halogens is 1. The number of carbonyl (C=O) groups excluding carboxylic acids is 1. The molecule has 0 saturated carbocycles. The summed E-state index contributed by atoms with van der Waals surface area (Å²) in [5.41, 5.74) is 9.33. The van der Waals surface area contributed by atoms with Crippen molar-refractivity contribution < 1.29 is 9.18 Å². The van der Waals surface area contributed by atoms with E-state index in [1.165, 1.54) is 12.1 Å². The zero-order valence-electron chi connectivity index (χ0n) is 17.6. The number of aromatic amines is 1. The number of rotatable bonds is 8. The topological polar surface area (TPSA) is 120 Å². The Balaban J connectivity index is 1.72. The summed E-state index contributed by atoms with van der Waals surface area (Å²) in [5, 5.41) is 19.6. The largest absolute Gasteiger partial charge is 0.369 e. The van der Waals surface area contributed by atoms with E-state index in [4.69, 9.17) is 10.7 Å². The number of H-pyrrole nitrogens is 1. The number of primary amides is 1. The van der Waals surface area contributed by atoms with E-state index in [0.29, 0.717) is 46.9 Å². The van der Waals surface area contributed by atoms with Gasteiger partial charge in [0.05, 0.1) is 23.0 Å². The summed E-state index contributed by atoms with van der Waals surface area (Å²) >= 11 is 0. The SMILES string of the molecule is N#Cc1ccccc1-c1ccc(C(C(N)=O)c2cc[nH]n2)c(NCCc2cccc(F)c2)n1. The molecule has 4 aromatic rings. The van der Waals surface area contributed by atoms with Crippen LogP contribution in [0.25, 0.3) is 11.3 Å². The first-order valence-electron chi connectivity index (χ1n) is 10.3. The summed E-state index contributed by atoms with van der Waals surface area (Å²) in [5.74, 6) is -1.24. The van der Waals surface area contributed by atoms with Gasteiger partial charge < -0.3 is 11.1 Å². The van der Waals surface area contributed by atoms with E-state index in [2.05, 4.69) is 21.6 Å². The quantitative estimate of drug-likeness (QED) is 0.385. The highest BCUT2D eigenvalue weighted by Crippen LogP contribution is 2.31. The second kappa shape index (κ2) is 9.75. The predicted octanol–water partition coefficient (Wildman–Crippen LogP) is 3.75. The molecule has 1 amide bonds. The van der Waals surface area contributed by atoms with E-state index in [9.17, 15) is 14.4 Å². The van der Waals surface area contributed by atoms with Gasteiger partial charge in [0.1, 0.15) is 17.6 Å². The lowest BCUT2D eigenvalue weighted by Gasteiger charge is -2.18. The molecule has 0 aliphatic carbocycles. The minimum atomic E-state index is -0.819. The lowest BCUT2D eigenvalue weighted by Crippen LogP contribution is -2.24. The molecule has 1 atom stereocenters. The summed E-state index contributed by atoms with van der Waals surface area (Å²) < 4.78 is 13.5. The smallest absolute Gasteiger partial charge is 0.231 e. The molecule has 7 nitrogen and oxygen atoms in total. The Morgan fingerprint density at radius 2 is 2.00 bits per heavy atom. The summed E-state index contributed by atoms with van der Waals surface area (Å²) in [7, 11) is 0. The molecular formula is C25H21FN6O. The Morgan fingerprint density at radius 3 is 2.73 bits per heavy atom. The van der Waals surface area contributed by atoms with E-state index in [1.54, 1.807) is 42.6 Å². The van der Waals surface area contributed by atoms with Crippen molar-refractivity contribution in [2.75, 3.05) is 11.9 Å². The zero-order valence-corrected chi connectivity index (χ0v) is 17.6. The van der Waals surface area contributed by atoms with Crippen LogP contribution in [0.1, 0.15) is 28.3 Å². The normalized spacial score (nSPS) is 11.5. The van der Waals surface area contributed by atoms with E-state index >= 15 is 0 Å². The molecule has 4 rings (SSSR count). The van der Waals surface area contributed by atoms with E-state index < -0.39 is 11.8 Å². The van der Waals surface area contributed by atoms with Crippen LogP contribution in [0.5, 0.6) is 0 Å². The lowest BCUT2D eigenvalue weighted by molar-refractivity contribution is -0.118. The maximum absolute atomic E-state index is 13.5. The van der Waals surface area contributed by atoms with Gasteiger partial charge >= 0.3 is 0 Å². The predicted molar refractivity (Wildman–Crippen MR) is 123 cm³/mol. The number of nitrogens with one attached hydrogen (secondary N) is 2. The number of aromatic nitrogens is 3. The highest BCUT2D eigenvalue weighted by atomic mass is 19.1. The average molecular weight is 440 g/mol. The van der Waals surface area contributed by atoms with Crippen molar-refractivity contribution in [2.45, 2.75) is 12.3 Å². The number of amides is 1. The molecular weight excluding hydrogens is 419 g/mol. The van der Waals surface area contributed by atoms with E-state index in [-0.39, 0.29) is 5.82 Å². The van der Waals surface area contributed by atoms with Crippen molar-refractivity contribution in [2.24, 2.45) is 5.73 Å². The van der Waals surface area contributed by atoms with Gasteiger partial charge in [-0.25, -0.2) is 9.37 Å². The standard InChI is InChI=1S/C25H21FN6O/c26-18-6-3-4-16(14-18)10-12-29-25-20(23(24(28)33)22-11-13-30-32-22)8-9-21(31-25)19-7-2-1-5-17(19)15-27/h1-9,11,13-14,23H,10,12H2,(H2,28,33)(H,29,31)(H,30,32). The summed E-state index contributed by atoms with van der Waals surface area (Å²) in [6, 6.07) is 20.9. The van der Waals surface area contributed by atoms with Crippen LogP contribution in [0.15, 0.2) is 72.9 Å². The minimum Gasteiger partial charge on any atom is -0.369 e. The number of nitriles is 1. The molecule has 2 aromatic carbocycles. The fourth-order valence-electron chi connectivity index (χ4n) is 3.71. The number of nitrogens with zero attached hydrogens (tertiary/aromatic N) is 3. The van der Waals surface area contributed by atoms with E-state index in [0.717, 1.165) is 5.56 Å². The Kier molecular flexibility index (Phi) is 6.41. The third-order valence-electron chi connectivity index (χ3n) is 5.26. The third kappa shape index (κ3) is 4.88. The molecule has 2 heterocycles. The van der Waals surface area contributed by atoms with Gasteiger partial charge in [-0.2, -0.15) is 10.4 Å². The molecule has 0 fully saturated rings. The molecule has 1 unspecified atom stereocenters. The summed E-state index contributed by atoms with van der Waals surface area (Å²) in [6.07, 6.45) is 2.16. The Bertz CT molecular complexity index is 1310. The van der Waals surface area contributed by atoms with Crippen molar-refractivity contribution in [1.29, 1.82) is 5.26 Å². The van der Waals surface area contributed by atoms with Gasteiger partial charge in [-0.3, -0.25) is 9.89 Å². The monoisotopic (exact) mass is 440 g/mol. The average Bonchev–Trinajstić information content (AvgIpc) is 3.34. The second-order valence-electron chi connectivity index (χ2n) is 7.43. The fourth-order valence-corrected chi connectivity index (χ4v) is 3.71. The number of nitrogens with two attached hydrogens (primary N) is 1. The van der Waals surface area contributed by atoms with E-state index in [1.807, 2.05) is 18.2 Å². The fraction of sp³-hybridized carbons (Fsp3) is 0.120.